The quantitative estimate of drug-likeness (QED) is 0.612. The molecule has 3 nitrogen and oxygen atoms in total. The summed E-state index contributed by atoms with van der Waals surface area (Å²) < 4.78 is 15.7. The molecule has 0 N–H and O–H groups in total. The number of hydrogen-bond donors (Lipinski definition) is 0. The van der Waals surface area contributed by atoms with Gasteiger partial charge in [-0.15, -0.1) is 0 Å². The Labute approximate surface area is 67.6 Å². The fourth-order valence-corrected chi connectivity index (χ4v) is 1.40. The number of rotatable bonds is 3. The molecule has 1 unspecified atom stereocenters. The van der Waals surface area contributed by atoms with Crippen molar-refractivity contribution in [1.82, 2.24) is 0 Å². The average molecular weight is 160 g/mol. The predicted octanol–water partition coefficient (Wildman–Crippen LogP) is 0.827. The van der Waals surface area contributed by atoms with Gasteiger partial charge < -0.3 is 14.2 Å². The van der Waals surface area contributed by atoms with Gasteiger partial charge in [-0.2, -0.15) is 0 Å². The van der Waals surface area contributed by atoms with E-state index >= 15 is 0 Å². The zero-order valence-corrected chi connectivity index (χ0v) is 7.21. The molecule has 1 saturated heterocycles. The summed E-state index contributed by atoms with van der Waals surface area (Å²) in [6.45, 7) is 1.48. The molecule has 0 aromatic heterocycles. The van der Waals surface area contributed by atoms with Crippen LogP contribution in [0.15, 0.2) is 0 Å². The van der Waals surface area contributed by atoms with Gasteiger partial charge >= 0.3 is 0 Å². The summed E-state index contributed by atoms with van der Waals surface area (Å²) in [6.07, 6.45) is 2.55. The van der Waals surface area contributed by atoms with Gasteiger partial charge in [0.05, 0.1) is 12.7 Å². The zero-order valence-electron chi connectivity index (χ0n) is 7.21. The van der Waals surface area contributed by atoms with Crippen LogP contribution < -0.4 is 0 Å². The first kappa shape index (κ1) is 8.97. The van der Waals surface area contributed by atoms with E-state index < -0.39 is 0 Å². The first-order valence-corrected chi connectivity index (χ1v) is 4.02. The maximum atomic E-state index is 5.47. The summed E-state index contributed by atoms with van der Waals surface area (Å²) in [5, 5.41) is 0. The lowest BCUT2D eigenvalue weighted by molar-refractivity contribution is -0.114. The largest absolute Gasteiger partial charge is 0.382 e. The fourth-order valence-electron chi connectivity index (χ4n) is 1.40. The van der Waals surface area contributed by atoms with Crippen molar-refractivity contribution in [3.8, 4) is 0 Å². The minimum atomic E-state index is 0.138. The Morgan fingerprint density at radius 1 is 1.45 bits per heavy atom. The van der Waals surface area contributed by atoms with Crippen LogP contribution >= 0.6 is 0 Å². The van der Waals surface area contributed by atoms with E-state index in [1.807, 2.05) is 0 Å². The molecule has 11 heavy (non-hydrogen) atoms. The smallest absolute Gasteiger partial charge is 0.107 e. The highest BCUT2D eigenvalue weighted by Gasteiger charge is 2.25. The Bertz CT molecular complexity index is 104. The molecule has 1 fully saturated rings. The van der Waals surface area contributed by atoms with Crippen molar-refractivity contribution in [2.45, 2.75) is 25.0 Å². The summed E-state index contributed by atoms with van der Waals surface area (Å²) >= 11 is 0. The minimum absolute atomic E-state index is 0.138. The van der Waals surface area contributed by atoms with Gasteiger partial charge in [0.15, 0.2) is 0 Å². The van der Waals surface area contributed by atoms with Gasteiger partial charge in [-0.25, -0.2) is 0 Å². The van der Waals surface area contributed by atoms with Crippen molar-refractivity contribution in [3.05, 3.63) is 0 Å². The van der Waals surface area contributed by atoms with Gasteiger partial charge in [-0.1, -0.05) is 0 Å². The van der Waals surface area contributed by atoms with Gasteiger partial charge in [0.2, 0.25) is 0 Å². The third-order valence-corrected chi connectivity index (χ3v) is 2.01. The summed E-state index contributed by atoms with van der Waals surface area (Å²) in [5.74, 6) is 0. The molecule has 0 amide bonds. The lowest BCUT2D eigenvalue weighted by atomic mass is 10.1. The second-order valence-electron chi connectivity index (χ2n) is 2.78. The Hall–Kier alpha value is -0.120. The van der Waals surface area contributed by atoms with E-state index in [4.69, 9.17) is 14.2 Å². The molecular formula is C8H16O3. The molecule has 66 valence electrons. The fraction of sp³-hybridized carbons (Fsp3) is 1.00. The van der Waals surface area contributed by atoms with Crippen molar-refractivity contribution in [2.24, 2.45) is 0 Å². The second kappa shape index (κ2) is 4.70. The molecule has 0 spiro atoms. The van der Waals surface area contributed by atoms with E-state index in [2.05, 4.69) is 0 Å². The van der Waals surface area contributed by atoms with Gasteiger partial charge in [0, 0.05) is 20.8 Å². The Morgan fingerprint density at radius 3 is 2.91 bits per heavy atom. The SMILES string of the molecule is COC[C@H]1OCCCC1OC. The number of methoxy groups -OCH3 is 2. The van der Waals surface area contributed by atoms with Gasteiger partial charge in [-0.3, -0.25) is 0 Å². The van der Waals surface area contributed by atoms with Crippen LogP contribution in [0.25, 0.3) is 0 Å². The van der Waals surface area contributed by atoms with Gasteiger partial charge in [-0.05, 0) is 12.8 Å². The van der Waals surface area contributed by atoms with Crippen molar-refractivity contribution >= 4 is 0 Å². The third-order valence-electron chi connectivity index (χ3n) is 2.01. The molecule has 0 aliphatic carbocycles. The average Bonchev–Trinajstić information content (AvgIpc) is 2.06. The van der Waals surface area contributed by atoms with Crippen molar-refractivity contribution in [2.75, 3.05) is 27.4 Å². The molecule has 2 atom stereocenters. The molecule has 0 bridgehead atoms. The third kappa shape index (κ3) is 2.43. The zero-order chi connectivity index (χ0) is 8.10. The highest BCUT2D eigenvalue weighted by atomic mass is 16.6. The van der Waals surface area contributed by atoms with Crippen LogP contribution in [-0.4, -0.2) is 39.6 Å². The van der Waals surface area contributed by atoms with Gasteiger partial charge in [0.1, 0.15) is 6.10 Å². The highest BCUT2D eigenvalue weighted by Crippen LogP contribution is 2.16. The molecule has 0 radical (unpaired) electrons. The molecule has 3 heteroatoms. The van der Waals surface area contributed by atoms with Crippen LogP contribution in [0.2, 0.25) is 0 Å². The van der Waals surface area contributed by atoms with Crippen LogP contribution in [0.4, 0.5) is 0 Å². The van der Waals surface area contributed by atoms with E-state index in [-0.39, 0.29) is 12.2 Å². The molecule has 1 aliphatic heterocycles. The Balaban J connectivity index is 2.31. The maximum Gasteiger partial charge on any atom is 0.107 e. The van der Waals surface area contributed by atoms with E-state index in [1.165, 1.54) is 0 Å². The Kier molecular flexibility index (Phi) is 3.83. The predicted molar refractivity (Wildman–Crippen MR) is 41.6 cm³/mol. The first-order chi connectivity index (χ1) is 5.38. The molecule has 0 saturated carbocycles. The number of ether oxygens (including phenoxy) is 3. The summed E-state index contributed by atoms with van der Waals surface area (Å²) in [6, 6.07) is 0. The second-order valence-corrected chi connectivity index (χ2v) is 2.78. The van der Waals surface area contributed by atoms with Gasteiger partial charge in [0.25, 0.3) is 0 Å². The van der Waals surface area contributed by atoms with E-state index in [0.717, 1.165) is 19.4 Å². The summed E-state index contributed by atoms with van der Waals surface area (Å²) in [5.41, 5.74) is 0. The Morgan fingerprint density at radius 2 is 2.27 bits per heavy atom. The standard InChI is InChI=1S/C8H16O3/c1-9-6-8-7(10-2)4-3-5-11-8/h7-8H,3-6H2,1-2H3/t7?,8-/m1/s1. The van der Waals surface area contributed by atoms with E-state index in [9.17, 15) is 0 Å². The van der Waals surface area contributed by atoms with E-state index in [0.29, 0.717) is 6.61 Å². The number of hydrogen-bond acceptors (Lipinski definition) is 3. The molecular weight excluding hydrogens is 144 g/mol. The molecule has 1 aliphatic rings. The topological polar surface area (TPSA) is 27.7 Å². The monoisotopic (exact) mass is 160 g/mol. The van der Waals surface area contributed by atoms with Crippen LogP contribution in [0.1, 0.15) is 12.8 Å². The lowest BCUT2D eigenvalue weighted by Gasteiger charge is -2.29. The first-order valence-electron chi connectivity index (χ1n) is 4.02. The van der Waals surface area contributed by atoms with Crippen molar-refractivity contribution in [3.63, 3.8) is 0 Å². The summed E-state index contributed by atoms with van der Waals surface area (Å²) in [7, 11) is 3.41. The molecule has 0 aromatic carbocycles. The molecule has 1 rings (SSSR count). The maximum absolute atomic E-state index is 5.47. The van der Waals surface area contributed by atoms with Crippen LogP contribution in [-0.2, 0) is 14.2 Å². The van der Waals surface area contributed by atoms with Crippen LogP contribution in [0.3, 0.4) is 0 Å². The van der Waals surface area contributed by atoms with Crippen LogP contribution in [0.5, 0.6) is 0 Å². The minimum Gasteiger partial charge on any atom is -0.382 e. The normalized spacial score (nSPS) is 32.2. The molecule has 1 heterocycles. The van der Waals surface area contributed by atoms with E-state index in [1.54, 1.807) is 14.2 Å². The lowest BCUT2D eigenvalue weighted by Crippen LogP contribution is -2.38. The summed E-state index contributed by atoms with van der Waals surface area (Å²) in [4.78, 5) is 0. The van der Waals surface area contributed by atoms with Crippen LogP contribution in [0, 0.1) is 0 Å². The van der Waals surface area contributed by atoms with Crippen molar-refractivity contribution < 1.29 is 14.2 Å². The van der Waals surface area contributed by atoms with Crippen molar-refractivity contribution in [1.29, 1.82) is 0 Å². The molecule has 0 aromatic rings. The highest BCUT2D eigenvalue weighted by molar-refractivity contribution is 4.74.